The molecule has 0 fully saturated rings. The summed E-state index contributed by atoms with van der Waals surface area (Å²) in [5.41, 5.74) is 3.26. The molecule has 7 heteroatoms. The van der Waals surface area contributed by atoms with Gasteiger partial charge in [-0.1, -0.05) is 47.9 Å². The Hall–Kier alpha value is -3.38. The highest BCUT2D eigenvalue weighted by Gasteiger charge is 2.30. The SMILES string of the molecule is CCc1ccc(/C=C2\Oc3cc(OC(=O)CCc4cc(Cl)no4)cc(C)c3C2=O)cc1. The minimum atomic E-state index is -0.442. The van der Waals surface area contributed by atoms with Gasteiger partial charge in [0.05, 0.1) is 12.0 Å². The Kier molecular flexibility index (Phi) is 5.91. The summed E-state index contributed by atoms with van der Waals surface area (Å²) in [5.74, 6) is 0.815. The number of nitrogens with zero attached hydrogens (tertiary/aromatic N) is 1. The van der Waals surface area contributed by atoms with E-state index in [1.54, 1.807) is 31.2 Å². The smallest absolute Gasteiger partial charge is 0.311 e. The zero-order chi connectivity index (χ0) is 22.0. The van der Waals surface area contributed by atoms with E-state index in [0.717, 1.165) is 12.0 Å². The molecule has 2 heterocycles. The molecule has 0 atom stereocenters. The van der Waals surface area contributed by atoms with Gasteiger partial charge in [-0.05, 0) is 42.2 Å². The molecule has 1 aliphatic rings. The second-order valence-electron chi connectivity index (χ2n) is 7.24. The molecule has 0 saturated carbocycles. The van der Waals surface area contributed by atoms with Crippen molar-refractivity contribution in [3.63, 3.8) is 0 Å². The number of carbonyl (C=O) groups is 2. The Balaban J connectivity index is 1.47. The van der Waals surface area contributed by atoms with Gasteiger partial charge in [0.1, 0.15) is 17.3 Å². The zero-order valence-electron chi connectivity index (χ0n) is 17.1. The van der Waals surface area contributed by atoms with Crippen molar-refractivity contribution >= 4 is 29.4 Å². The molecule has 0 amide bonds. The number of halogens is 1. The Morgan fingerprint density at radius 3 is 2.65 bits per heavy atom. The predicted octanol–water partition coefficient (Wildman–Crippen LogP) is 5.35. The van der Waals surface area contributed by atoms with E-state index in [4.69, 9.17) is 25.6 Å². The minimum absolute atomic E-state index is 0.0976. The third kappa shape index (κ3) is 4.70. The molecular formula is C24H20ClNO5. The van der Waals surface area contributed by atoms with Crippen molar-refractivity contribution in [2.24, 2.45) is 0 Å². The van der Waals surface area contributed by atoms with Gasteiger partial charge < -0.3 is 14.0 Å². The maximum atomic E-state index is 12.8. The standard InChI is InChI=1S/C24H20ClNO5/c1-3-15-4-6-16(7-5-15)11-20-24(28)23-14(2)10-18(12-19(23)30-20)29-22(27)9-8-17-13-21(25)26-31-17/h4-7,10-13H,3,8-9H2,1-2H3/b20-11-. The fraction of sp³-hybridized carbons (Fsp3) is 0.208. The summed E-state index contributed by atoms with van der Waals surface area (Å²) in [6.07, 6.45) is 3.08. The lowest BCUT2D eigenvalue weighted by Crippen LogP contribution is -2.09. The zero-order valence-corrected chi connectivity index (χ0v) is 17.9. The molecule has 0 radical (unpaired) electrons. The molecular weight excluding hydrogens is 418 g/mol. The van der Waals surface area contributed by atoms with Crippen molar-refractivity contribution in [3.05, 3.63) is 81.4 Å². The van der Waals surface area contributed by atoms with Crippen LogP contribution in [0.3, 0.4) is 0 Å². The van der Waals surface area contributed by atoms with Crippen LogP contribution in [0.5, 0.6) is 11.5 Å². The van der Waals surface area contributed by atoms with Crippen LogP contribution in [-0.4, -0.2) is 16.9 Å². The van der Waals surface area contributed by atoms with Crippen molar-refractivity contribution in [1.29, 1.82) is 0 Å². The average molecular weight is 438 g/mol. The van der Waals surface area contributed by atoms with Crippen molar-refractivity contribution < 1.29 is 23.6 Å². The van der Waals surface area contributed by atoms with Gasteiger partial charge >= 0.3 is 5.97 Å². The van der Waals surface area contributed by atoms with E-state index < -0.39 is 5.97 Å². The molecule has 0 saturated heterocycles. The maximum Gasteiger partial charge on any atom is 0.311 e. The molecule has 4 rings (SSSR count). The summed E-state index contributed by atoms with van der Waals surface area (Å²) in [7, 11) is 0. The summed E-state index contributed by atoms with van der Waals surface area (Å²) in [4.78, 5) is 25.0. The van der Waals surface area contributed by atoms with Crippen LogP contribution in [0.15, 0.2) is 52.7 Å². The third-order valence-electron chi connectivity index (χ3n) is 4.97. The molecule has 1 aromatic heterocycles. The molecule has 2 aromatic carbocycles. The van der Waals surface area contributed by atoms with Crippen LogP contribution in [0.4, 0.5) is 0 Å². The van der Waals surface area contributed by atoms with Crippen LogP contribution in [0.25, 0.3) is 6.08 Å². The Morgan fingerprint density at radius 2 is 1.97 bits per heavy atom. The van der Waals surface area contributed by atoms with Crippen molar-refractivity contribution in [1.82, 2.24) is 5.16 Å². The highest BCUT2D eigenvalue weighted by molar-refractivity contribution is 6.29. The van der Waals surface area contributed by atoms with Crippen LogP contribution >= 0.6 is 11.6 Å². The monoisotopic (exact) mass is 437 g/mol. The average Bonchev–Trinajstić information content (AvgIpc) is 3.30. The molecule has 0 aliphatic carbocycles. The van der Waals surface area contributed by atoms with Crippen LogP contribution < -0.4 is 9.47 Å². The lowest BCUT2D eigenvalue weighted by atomic mass is 10.0. The number of fused-ring (bicyclic) bond motifs is 1. The number of hydrogen-bond donors (Lipinski definition) is 0. The van der Waals surface area contributed by atoms with Gasteiger partial charge in [-0.2, -0.15) is 0 Å². The van der Waals surface area contributed by atoms with E-state index in [1.807, 2.05) is 24.3 Å². The van der Waals surface area contributed by atoms with Crippen LogP contribution in [0.1, 0.15) is 46.2 Å². The molecule has 6 nitrogen and oxygen atoms in total. The summed E-state index contributed by atoms with van der Waals surface area (Å²) in [6, 6.07) is 12.7. The topological polar surface area (TPSA) is 78.6 Å². The minimum Gasteiger partial charge on any atom is -0.452 e. The summed E-state index contributed by atoms with van der Waals surface area (Å²) in [5, 5.41) is 3.81. The first-order valence-corrected chi connectivity index (χ1v) is 10.3. The number of carbonyl (C=O) groups excluding carboxylic acids is 2. The number of ketones is 1. The number of allylic oxidation sites excluding steroid dienone is 1. The molecule has 1 aliphatic heterocycles. The number of aromatic nitrogens is 1. The first-order chi connectivity index (χ1) is 14.9. The summed E-state index contributed by atoms with van der Waals surface area (Å²) < 4.78 is 16.2. The van der Waals surface area contributed by atoms with Crippen LogP contribution in [-0.2, 0) is 17.6 Å². The number of benzene rings is 2. The number of aryl methyl sites for hydroxylation is 3. The van der Waals surface area contributed by atoms with Gasteiger partial charge in [-0.15, -0.1) is 0 Å². The van der Waals surface area contributed by atoms with E-state index >= 15 is 0 Å². The van der Waals surface area contributed by atoms with Gasteiger partial charge in [0.2, 0.25) is 5.78 Å². The van der Waals surface area contributed by atoms with Gasteiger partial charge in [0.15, 0.2) is 10.9 Å². The molecule has 0 N–H and O–H groups in total. The fourth-order valence-electron chi connectivity index (χ4n) is 3.35. The molecule has 0 unspecified atom stereocenters. The quantitative estimate of drug-likeness (QED) is 0.293. The first kappa shape index (κ1) is 20.9. The second-order valence-corrected chi connectivity index (χ2v) is 7.63. The van der Waals surface area contributed by atoms with Gasteiger partial charge in [0.25, 0.3) is 0 Å². The van der Waals surface area contributed by atoms with Gasteiger partial charge in [0, 0.05) is 18.6 Å². The summed E-state index contributed by atoms with van der Waals surface area (Å²) >= 11 is 5.70. The number of esters is 1. The predicted molar refractivity (Wildman–Crippen MR) is 115 cm³/mol. The van der Waals surface area contributed by atoms with E-state index in [2.05, 4.69) is 12.1 Å². The highest BCUT2D eigenvalue weighted by Crippen LogP contribution is 2.37. The lowest BCUT2D eigenvalue weighted by Gasteiger charge is -2.07. The van der Waals surface area contributed by atoms with Crippen molar-refractivity contribution in [3.8, 4) is 11.5 Å². The van der Waals surface area contributed by atoms with Gasteiger partial charge in [-0.3, -0.25) is 9.59 Å². The normalized spacial score (nSPS) is 13.9. The van der Waals surface area contributed by atoms with Crippen LogP contribution in [0.2, 0.25) is 5.15 Å². The Labute approximate surface area is 184 Å². The molecule has 0 spiro atoms. The molecule has 3 aromatic rings. The lowest BCUT2D eigenvalue weighted by molar-refractivity contribution is -0.134. The van der Waals surface area contributed by atoms with Crippen molar-refractivity contribution in [2.45, 2.75) is 33.1 Å². The van der Waals surface area contributed by atoms with E-state index in [-0.39, 0.29) is 23.1 Å². The molecule has 0 bridgehead atoms. The number of Topliss-reactive ketones (excluding diaryl/α,β-unsaturated/α-hetero) is 1. The first-order valence-electron chi connectivity index (χ1n) is 9.92. The molecule has 31 heavy (non-hydrogen) atoms. The summed E-state index contributed by atoms with van der Waals surface area (Å²) in [6.45, 7) is 3.87. The number of rotatable bonds is 6. The van der Waals surface area contributed by atoms with Crippen LogP contribution in [0, 0.1) is 6.92 Å². The highest BCUT2D eigenvalue weighted by atomic mass is 35.5. The fourth-order valence-corrected chi connectivity index (χ4v) is 3.51. The third-order valence-corrected chi connectivity index (χ3v) is 5.14. The van der Waals surface area contributed by atoms with E-state index in [0.29, 0.717) is 34.8 Å². The number of hydrogen-bond acceptors (Lipinski definition) is 6. The Morgan fingerprint density at radius 1 is 1.19 bits per heavy atom. The van der Waals surface area contributed by atoms with E-state index in [9.17, 15) is 9.59 Å². The Bertz CT molecular complexity index is 1180. The molecule has 158 valence electrons. The maximum absolute atomic E-state index is 12.8. The van der Waals surface area contributed by atoms with E-state index in [1.165, 1.54) is 5.56 Å². The largest absolute Gasteiger partial charge is 0.452 e. The van der Waals surface area contributed by atoms with Gasteiger partial charge in [-0.25, -0.2) is 0 Å². The second kappa shape index (κ2) is 8.78. The number of ether oxygens (including phenoxy) is 2. The van der Waals surface area contributed by atoms with Crippen molar-refractivity contribution in [2.75, 3.05) is 0 Å².